The van der Waals surface area contributed by atoms with Gasteiger partial charge in [0.2, 0.25) is 0 Å². The van der Waals surface area contributed by atoms with Gasteiger partial charge in [0.1, 0.15) is 12.7 Å². The summed E-state index contributed by atoms with van der Waals surface area (Å²) in [6.45, 7) is 7.99. The van der Waals surface area contributed by atoms with E-state index in [1.165, 1.54) is 5.69 Å². The molecule has 19 heavy (non-hydrogen) atoms. The molecule has 1 aromatic carbocycles. The van der Waals surface area contributed by atoms with Gasteiger partial charge in [-0.2, -0.15) is 0 Å². The third kappa shape index (κ3) is 2.37. The molecule has 2 atom stereocenters. The first-order valence-electron chi connectivity index (χ1n) is 7.19. The van der Waals surface area contributed by atoms with Crippen LogP contribution >= 0.6 is 0 Å². The topological polar surface area (TPSA) is 33.7 Å². The van der Waals surface area contributed by atoms with Crippen molar-refractivity contribution in [1.29, 1.82) is 0 Å². The number of ether oxygens (including phenoxy) is 2. The molecule has 1 fully saturated rings. The highest BCUT2D eigenvalue weighted by Crippen LogP contribution is 2.41. The van der Waals surface area contributed by atoms with Crippen LogP contribution in [0.25, 0.3) is 0 Å². The number of nitrogens with zero attached hydrogens (tertiary/aromatic N) is 1. The van der Waals surface area contributed by atoms with Crippen molar-refractivity contribution >= 4 is 5.69 Å². The van der Waals surface area contributed by atoms with E-state index in [0.717, 1.165) is 37.6 Å². The third-order valence-corrected chi connectivity index (χ3v) is 3.88. The molecule has 1 saturated heterocycles. The second kappa shape index (κ2) is 5.29. The summed E-state index contributed by atoms with van der Waals surface area (Å²) < 4.78 is 11.8. The fraction of sp³-hybridized carbons (Fsp3) is 0.600. The fourth-order valence-corrected chi connectivity index (χ4v) is 2.86. The van der Waals surface area contributed by atoms with Crippen LogP contribution in [-0.2, 0) is 0 Å². The normalized spacial score (nSPS) is 26.3. The molecule has 0 spiro atoms. The van der Waals surface area contributed by atoms with Gasteiger partial charge >= 0.3 is 0 Å². The largest absolute Gasteiger partial charge is 0.484 e. The minimum Gasteiger partial charge on any atom is -0.484 e. The summed E-state index contributed by atoms with van der Waals surface area (Å²) in [5.74, 6) is 1.80. The Hall–Kier alpha value is -1.42. The first-order valence-corrected chi connectivity index (χ1v) is 7.19. The number of anilines is 1. The Morgan fingerprint density at radius 1 is 1.42 bits per heavy atom. The number of benzene rings is 1. The lowest BCUT2D eigenvalue weighted by atomic mass is 10.1. The molecule has 2 aliphatic heterocycles. The van der Waals surface area contributed by atoms with E-state index < -0.39 is 0 Å². The lowest BCUT2D eigenvalue weighted by molar-refractivity contribution is 0.104. The van der Waals surface area contributed by atoms with Gasteiger partial charge in [-0.05, 0) is 25.5 Å². The van der Waals surface area contributed by atoms with Crippen molar-refractivity contribution in [2.75, 3.05) is 31.1 Å². The van der Waals surface area contributed by atoms with Gasteiger partial charge in [-0.15, -0.1) is 0 Å². The molecule has 1 aromatic rings. The number of hydrogen-bond donors (Lipinski definition) is 1. The number of nitrogens with one attached hydrogen (secondary N) is 1. The average molecular weight is 262 g/mol. The summed E-state index contributed by atoms with van der Waals surface area (Å²) in [5.41, 5.74) is 1.18. The summed E-state index contributed by atoms with van der Waals surface area (Å²) in [5, 5.41) is 3.46. The van der Waals surface area contributed by atoms with Crippen molar-refractivity contribution in [1.82, 2.24) is 5.32 Å². The van der Waals surface area contributed by atoms with E-state index >= 15 is 0 Å². The number of hydrogen-bond acceptors (Lipinski definition) is 4. The summed E-state index contributed by atoms with van der Waals surface area (Å²) in [7, 11) is 0. The molecule has 0 amide bonds. The predicted octanol–water partition coefficient (Wildman–Crippen LogP) is 2.03. The number of piperazine rings is 1. The van der Waals surface area contributed by atoms with E-state index in [9.17, 15) is 0 Å². The second-order valence-corrected chi connectivity index (χ2v) is 5.30. The quantitative estimate of drug-likeness (QED) is 0.884. The smallest absolute Gasteiger partial charge is 0.184 e. The van der Waals surface area contributed by atoms with Crippen LogP contribution in [-0.4, -0.2) is 38.4 Å². The van der Waals surface area contributed by atoms with Gasteiger partial charge in [0.25, 0.3) is 0 Å². The Morgan fingerprint density at radius 2 is 2.32 bits per heavy atom. The highest BCUT2D eigenvalue weighted by molar-refractivity contribution is 5.66. The van der Waals surface area contributed by atoms with Crippen LogP contribution in [0.15, 0.2) is 18.2 Å². The molecular weight excluding hydrogens is 240 g/mol. The second-order valence-electron chi connectivity index (χ2n) is 5.30. The van der Waals surface area contributed by atoms with Crippen molar-refractivity contribution < 1.29 is 9.47 Å². The van der Waals surface area contributed by atoms with Crippen molar-refractivity contribution in [2.24, 2.45) is 0 Å². The molecule has 2 aliphatic rings. The molecule has 104 valence electrons. The zero-order valence-corrected chi connectivity index (χ0v) is 11.7. The van der Waals surface area contributed by atoms with E-state index in [0.29, 0.717) is 12.6 Å². The first kappa shape index (κ1) is 12.6. The molecule has 0 saturated carbocycles. The van der Waals surface area contributed by atoms with Crippen LogP contribution in [0.5, 0.6) is 11.5 Å². The minimum atomic E-state index is 0.132. The van der Waals surface area contributed by atoms with Gasteiger partial charge < -0.3 is 19.7 Å². The summed E-state index contributed by atoms with van der Waals surface area (Å²) in [6, 6.07) is 6.73. The van der Waals surface area contributed by atoms with Gasteiger partial charge in [-0.25, -0.2) is 0 Å². The summed E-state index contributed by atoms with van der Waals surface area (Å²) >= 11 is 0. The Morgan fingerprint density at radius 3 is 3.16 bits per heavy atom. The van der Waals surface area contributed by atoms with Crippen LogP contribution in [0.2, 0.25) is 0 Å². The zero-order valence-electron chi connectivity index (χ0n) is 11.7. The number of para-hydroxylation sites is 1. The maximum atomic E-state index is 5.93. The lowest BCUT2D eigenvalue weighted by Gasteiger charge is -2.39. The molecule has 4 nitrogen and oxygen atoms in total. The van der Waals surface area contributed by atoms with Gasteiger partial charge in [0, 0.05) is 25.7 Å². The standard InChI is InChI=1S/C15H22N2O2/c1-3-12-9-16-7-8-17(12)13-5-4-6-14-15(13)18-10-11(2)19-14/h4-6,11-12,16H,3,7-10H2,1-2H3. The third-order valence-electron chi connectivity index (χ3n) is 3.88. The van der Waals surface area contributed by atoms with Crippen LogP contribution in [0, 0.1) is 0 Å². The zero-order chi connectivity index (χ0) is 13.2. The number of rotatable bonds is 2. The molecule has 0 bridgehead atoms. The van der Waals surface area contributed by atoms with Crippen molar-refractivity contribution in [3.63, 3.8) is 0 Å². The van der Waals surface area contributed by atoms with Crippen LogP contribution in [0.3, 0.4) is 0 Å². The van der Waals surface area contributed by atoms with E-state index in [1.54, 1.807) is 0 Å². The molecule has 0 aromatic heterocycles. The van der Waals surface area contributed by atoms with E-state index in [4.69, 9.17) is 9.47 Å². The van der Waals surface area contributed by atoms with Gasteiger partial charge in [-0.1, -0.05) is 13.0 Å². The highest BCUT2D eigenvalue weighted by Gasteiger charge is 2.27. The molecule has 1 N–H and O–H groups in total. The van der Waals surface area contributed by atoms with Crippen molar-refractivity contribution in [3.8, 4) is 11.5 Å². The van der Waals surface area contributed by atoms with E-state index in [-0.39, 0.29) is 6.10 Å². The monoisotopic (exact) mass is 262 g/mol. The molecule has 4 heteroatoms. The number of fused-ring (bicyclic) bond motifs is 1. The Balaban J connectivity index is 1.94. The molecule has 2 unspecified atom stereocenters. The SMILES string of the molecule is CCC1CNCCN1c1cccc2c1OCC(C)O2. The summed E-state index contributed by atoms with van der Waals surface area (Å²) in [6.07, 6.45) is 1.27. The maximum Gasteiger partial charge on any atom is 0.184 e. The van der Waals surface area contributed by atoms with Crippen LogP contribution in [0.1, 0.15) is 20.3 Å². The first-order chi connectivity index (χ1) is 9.29. The summed E-state index contributed by atoms with van der Waals surface area (Å²) in [4.78, 5) is 2.45. The molecule has 0 radical (unpaired) electrons. The minimum absolute atomic E-state index is 0.132. The maximum absolute atomic E-state index is 5.93. The van der Waals surface area contributed by atoms with E-state index in [2.05, 4.69) is 29.3 Å². The van der Waals surface area contributed by atoms with Crippen molar-refractivity contribution in [2.45, 2.75) is 32.4 Å². The Bertz CT molecular complexity index is 450. The lowest BCUT2D eigenvalue weighted by Crippen LogP contribution is -2.51. The Kier molecular flexibility index (Phi) is 3.51. The molecule has 3 rings (SSSR count). The van der Waals surface area contributed by atoms with Crippen LogP contribution in [0.4, 0.5) is 5.69 Å². The fourth-order valence-electron chi connectivity index (χ4n) is 2.86. The highest BCUT2D eigenvalue weighted by atomic mass is 16.6. The average Bonchev–Trinajstić information content (AvgIpc) is 2.46. The van der Waals surface area contributed by atoms with Crippen LogP contribution < -0.4 is 19.7 Å². The molecular formula is C15H22N2O2. The van der Waals surface area contributed by atoms with Gasteiger partial charge in [-0.3, -0.25) is 0 Å². The van der Waals surface area contributed by atoms with Gasteiger partial charge in [0.15, 0.2) is 11.5 Å². The Labute approximate surface area is 114 Å². The van der Waals surface area contributed by atoms with Gasteiger partial charge in [0.05, 0.1) is 5.69 Å². The molecule has 2 heterocycles. The molecule has 0 aliphatic carbocycles. The van der Waals surface area contributed by atoms with Crippen molar-refractivity contribution in [3.05, 3.63) is 18.2 Å². The van der Waals surface area contributed by atoms with E-state index in [1.807, 2.05) is 13.0 Å². The predicted molar refractivity (Wildman–Crippen MR) is 76.3 cm³/mol.